The molecule has 3 heterocycles. The van der Waals surface area contributed by atoms with Gasteiger partial charge < -0.3 is 30.6 Å². The van der Waals surface area contributed by atoms with Crippen LogP contribution in [0.15, 0.2) is 103 Å². The first-order valence-corrected chi connectivity index (χ1v) is 15.0. The minimum absolute atomic E-state index is 0.0568. The van der Waals surface area contributed by atoms with E-state index in [9.17, 15) is 19.8 Å². The average Bonchev–Trinajstić information content (AvgIpc) is 3.77. The average molecular weight is 646 g/mol. The number of nitrogens with zero attached hydrogens (tertiary/aromatic N) is 7. The van der Waals surface area contributed by atoms with E-state index in [1.54, 1.807) is 28.8 Å². The van der Waals surface area contributed by atoms with Gasteiger partial charge in [-0.3, -0.25) is 9.69 Å². The summed E-state index contributed by atoms with van der Waals surface area (Å²) >= 11 is 0. The van der Waals surface area contributed by atoms with Gasteiger partial charge in [-0.05, 0) is 71.4 Å². The monoisotopic (exact) mass is 645 g/mol. The molecular formula is C34H31N9O5. The summed E-state index contributed by atoms with van der Waals surface area (Å²) in [4.78, 5) is 33.2. The number of methoxy groups -OCH3 is 1. The number of para-hydroxylation sites is 2. The number of carbonyl (C=O) groups is 2. The Hall–Kier alpha value is -6.25. The third kappa shape index (κ3) is 5.44. The van der Waals surface area contributed by atoms with E-state index < -0.39 is 24.4 Å². The van der Waals surface area contributed by atoms with E-state index in [0.29, 0.717) is 34.7 Å². The molecule has 1 aliphatic heterocycles. The molecule has 14 heteroatoms. The number of primary amides is 1. The zero-order valence-electron chi connectivity index (χ0n) is 25.7. The number of anilines is 1. The van der Waals surface area contributed by atoms with Crippen molar-refractivity contribution in [3.63, 3.8) is 0 Å². The van der Waals surface area contributed by atoms with Crippen LogP contribution in [0.25, 0.3) is 33.7 Å². The van der Waals surface area contributed by atoms with Crippen molar-refractivity contribution >= 4 is 28.7 Å². The Kier molecular flexibility index (Phi) is 7.92. The van der Waals surface area contributed by atoms with Crippen LogP contribution < -0.4 is 20.8 Å². The first kappa shape index (κ1) is 30.4. The van der Waals surface area contributed by atoms with Crippen molar-refractivity contribution in [1.82, 2.24) is 29.6 Å². The molecule has 6 aromatic rings. The molecule has 0 saturated carbocycles. The van der Waals surface area contributed by atoms with Crippen LogP contribution in [0.1, 0.15) is 16.1 Å². The zero-order chi connectivity index (χ0) is 33.4. The summed E-state index contributed by atoms with van der Waals surface area (Å²) in [6, 6.07) is 31.0. The van der Waals surface area contributed by atoms with Crippen LogP contribution in [0.3, 0.4) is 0 Å². The van der Waals surface area contributed by atoms with Gasteiger partial charge in [0.05, 0.1) is 18.1 Å². The van der Waals surface area contributed by atoms with E-state index >= 15 is 0 Å². The van der Waals surface area contributed by atoms with Crippen LogP contribution in [-0.4, -0.2) is 71.3 Å². The first-order valence-electron chi connectivity index (χ1n) is 15.0. The second-order valence-corrected chi connectivity index (χ2v) is 11.1. The van der Waals surface area contributed by atoms with Crippen LogP contribution >= 0.6 is 0 Å². The summed E-state index contributed by atoms with van der Waals surface area (Å²) in [6.07, 6.45) is -3.45. The van der Waals surface area contributed by atoms with Crippen molar-refractivity contribution in [3.8, 4) is 28.4 Å². The predicted octanol–water partition coefficient (Wildman–Crippen LogP) is 3.35. The number of aliphatic hydroxyl groups excluding tert-OH is 2. The quantitative estimate of drug-likeness (QED) is 0.174. The van der Waals surface area contributed by atoms with E-state index in [4.69, 9.17) is 15.5 Å². The van der Waals surface area contributed by atoms with Gasteiger partial charge in [0.25, 0.3) is 5.91 Å². The smallest absolute Gasteiger partial charge is 0.346 e. The number of hydrogen-bond acceptors (Lipinski definition) is 9. The number of carbonyl (C=O) groups excluding carboxylic acids is 2. The van der Waals surface area contributed by atoms with Gasteiger partial charge in [-0.2, -0.15) is 5.01 Å². The lowest BCUT2D eigenvalue weighted by Crippen LogP contribution is -2.45. The molecule has 5 N–H and O–H groups in total. The fraction of sp³-hybridized carbons (Fsp3) is 0.147. The maximum Gasteiger partial charge on any atom is 0.346 e. The number of fused-ring (bicyclic) bond motifs is 1. The molecule has 14 nitrogen and oxygen atoms in total. The molecule has 0 radical (unpaired) electrons. The number of benzene rings is 4. The van der Waals surface area contributed by atoms with Gasteiger partial charge in [-0.15, -0.1) is 9.89 Å². The number of rotatable bonds is 10. The minimum atomic E-state index is -1.77. The van der Waals surface area contributed by atoms with Crippen molar-refractivity contribution in [2.75, 3.05) is 17.4 Å². The molecule has 242 valence electrons. The van der Waals surface area contributed by atoms with Crippen LogP contribution in [0.4, 0.5) is 10.5 Å². The Morgan fingerprint density at radius 1 is 0.896 bits per heavy atom. The number of hydrogen-bond donors (Lipinski definition) is 4. The predicted molar refractivity (Wildman–Crippen MR) is 177 cm³/mol. The second kappa shape index (κ2) is 12.5. The lowest BCUT2D eigenvalue weighted by atomic mass is 10.1. The van der Waals surface area contributed by atoms with E-state index in [1.165, 1.54) is 7.11 Å². The molecule has 1 fully saturated rings. The number of aliphatic hydroxyl groups is 2. The second-order valence-electron chi connectivity index (χ2n) is 11.1. The Bertz CT molecular complexity index is 2100. The lowest BCUT2D eigenvalue weighted by Gasteiger charge is -2.22. The maximum absolute atomic E-state index is 14.0. The van der Waals surface area contributed by atoms with Crippen LogP contribution in [0.5, 0.6) is 5.75 Å². The van der Waals surface area contributed by atoms with E-state index in [2.05, 4.69) is 27.8 Å². The molecule has 0 bridgehead atoms. The van der Waals surface area contributed by atoms with E-state index in [0.717, 1.165) is 31.5 Å². The van der Waals surface area contributed by atoms with Crippen LogP contribution in [0.2, 0.25) is 0 Å². The molecule has 48 heavy (non-hydrogen) atoms. The molecule has 7 rings (SSSR count). The van der Waals surface area contributed by atoms with E-state index in [-0.39, 0.29) is 18.1 Å². The Morgan fingerprint density at radius 3 is 2.29 bits per heavy atom. The highest BCUT2D eigenvalue weighted by atomic mass is 16.5. The van der Waals surface area contributed by atoms with E-state index in [1.807, 2.05) is 66.7 Å². The summed E-state index contributed by atoms with van der Waals surface area (Å²) in [5.41, 5.74) is 10.1. The number of ether oxygens (including phenoxy) is 1. The number of nitrogens with one attached hydrogen (secondary N) is 1. The SMILES string of the molecule is COc1ccc(-c2c(C(N)=O)nnn2N2C(=O)N(Cn3c(-c4ccc(NCc5ccccc5)cc4)nc4ccccc43)[C@@H](O)[C@H]2O)cc1. The molecule has 0 spiro atoms. The topological polar surface area (TPSA) is 177 Å². The fourth-order valence-corrected chi connectivity index (χ4v) is 5.70. The molecule has 0 aliphatic carbocycles. The number of urea groups is 1. The summed E-state index contributed by atoms with van der Waals surface area (Å²) < 4.78 is 7.02. The molecule has 1 saturated heterocycles. The first-order chi connectivity index (χ1) is 23.3. The maximum atomic E-state index is 14.0. The number of aromatic nitrogens is 5. The summed E-state index contributed by atoms with van der Waals surface area (Å²) in [5.74, 6) is 0.217. The Morgan fingerprint density at radius 2 is 1.58 bits per heavy atom. The molecule has 4 aromatic carbocycles. The normalized spacial score (nSPS) is 16.1. The molecule has 2 aromatic heterocycles. The molecule has 0 unspecified atom stereocenters. The highest BCUT2D eigenvalue weighted by Gasteiger charge is 2.47. The van der Waals surface area contributed by atoms with Crippen molar-refractivity contribution in [2.45, 2.75) is 25.7 Å². The summed E-state index contributed by atoms with van der Waals surface area (Å²) in [7, 11) is 1.51. The van der Waals surface area contributed by atoms with Crippen molar-refractivity contribution < 1.29 is 24.5 Å². The minimum Gasteiger partial charge on any atom is -0.497 e. The van der Waals surface area contributed by atoms with Crippen LogP contribution in [0, 0.1) is 0 Å². The number of nitrogens with two attached hydrogens (primary N) is 1. The van der Waals surface area contributed by atoms with Crippen LogP contribution in [-0.2, 0) is 13.2 Å². The van der Waals surface area contributed by atoms with Crippen molar-refractivity contribution in [3.05, 3.63) is 114 Å². The van der Waals surface area contributed by atoms with Gasteiger partial charge in [0.1, 0.15) is 23.9 Å². The van der Waals surface area contributed by atoms with Gasteiger partial charge in [-0.1, -0.05) is 42.5 Å². The number of amides is 3. The van der Waals surface area contributed by atoms with Gasteiger partial charge in [0.2, 0.25) is 0 Å². The molecule has 1 aliphatic rings. The van der Waals surface area contributed by atoms with Gasteiger partial charge in [0, 0.05) is 23.4 Å². The molecular weight excluding hydrogens is 614 g/mol. The number of imidazole rings is 1. The third-order valence-corrected chi connectivity index (χ3v) is 8.16. The standard InChI is InChI=1S/C34H31N9O5/c1-48-25-17-13-22(14-18-25)29-28(30(35)44)38-39-43(29)42-33(46)32(45)41(34(42)47)20-40-27-10-6-5-9-26(27)37-31(40)23-11-15-24(16-12-23)36-19-21-7-3-2-4-8-21/h2-18,32-33,36,45-46H,19-20H2,1H3,(H2,35,44)/t32-,33+/m0/s1. The highest BCUT2D eigenvalue weighted by Crippen LogP contribution is 2.31. The highest BCUT2D eigenvalue weighted by molar-refractivity contribution is 5.98. The van der Waals surface area contributed by atoms with Crippen molar-refractivity contribution in [1.29, 1.82) is 0 Å². The Balaban J connectivity index is 1.21. The third-order valence-electron chi connectivity index (χ3n) is 8.16. The molecule has 2 atom stereocenters. The Labute approximate surface area is 274 Å². The molecule has 3 amide bonds. The summed E-state index contributed by atoms with van der Waals surface area (Å²) in [6.45, 7) is 0.492. The zero-order valence-corrected chi connectivity index (χ0v) is 25.7. The van der Waals surface area contributed by atoms with Gasteiger partial charge in [-0.25, -0.2) is 9.78 Å². The largest absolute Gasteiger partial charge is 0.497 e. The fourth-order valence-electron chi connectivity index (χ4n) is 5.70. The van der Waals surface area contributed by atoms with Gasteiger partial charge >= 0.3 is 6.03 Å². The van der Waals surface area contributed by atoms with Crippen molar-refractivity contribution in [2.24, 2.45) is 5.73 Å². The van der Waals surface area contributed by atoms with Gasteiger partial charge in [0.15, 0.2) is 18.1 Å². The lowest BCUT2D eigenvalue weighted by molar-refractivity contribution is -0.0417. The summed E-state index contributed by atoms with van der Waals surface area (Å²) in [5, 5.41) is 34.5.